The van der Waals surface area contributed by atoms with Crippen molar-refractivity contribution in [3.63, 3.8) is 0 Å². The van der Waals surface area contributed by atoms with E-state index >= 15 is 0 Å². The lowest BCUT2D eigenvalue weighted by molar-refractivity contribution is 0.945. The van der Waals surface area contributed by atoms with Gasteiger partial charge in [-0.15, -0.1) is 17.9 Å². The van der Waals surface area contributed by atoms with Crippen LogP contribution >= 0.6 is 11.3 Å². The van der Waals surface area contributed by atoms with E-state index in [0.29, 0.717) is 19.0 Å². The number of hydrogen-bond acceptors (Lipinski definition) is 3. The van der Waals surface area contributed by atoms with E-state index in [2.05, 4.69) is 21.9 Å². The molecule has 0 atom stereocenters. The third kappa shape index (κ3) is 3.57. The second-order valence-electron chi connectivity index (χ2n) is 2.73. The molecule has 0 fully saturated rings. The van der Waals surface area contributed by atoms with Crippen LogP contribution < -0.4 is 11.1 Å². The molecule has 76 valence electrons. The second-order valence-corrected chi connectivity index (χ2v) is 3.79. The van der Waals surface area contributed by atoms with Crippen LogP contribution in [0.15, 0.2) is 23.0 Å². The van der Waals surface area contributed by atoms with Gasteiger partial charge < -0.3 is 11.1 Å². The molecule has 0 radical (unpaired) electrons. The van der Waals surface area contributed by atoms with E-state index < -0.39 is 0 Å². The van der Waals surface area contributed by atoms with E-state index in [9.17, 15) is 0 Å². The first kappa shape index (κ1) is 10.7. The lowest BCUT2D eigenvalue weighted by atomic mass is 10.5. The maximum Gasteiger partial charge on any atom is 0.189 e. The van der Waals surface area contributed by atoms with Gasteiger partial charge in [0.25, 0.3) is 0 Å². The molecule has 4 nitrogen and oxygen atoms in total. The van der Waals surface area contributed by atoms with Gasteiger partial charge in [-0.2, -0.15) is 0 Å². The number of nitrogens with two attached hydrogens (primary N) is 1. The van der Waals surface area contributed by atoms with Crippen LogP contribution in [0.3, 0.4) is 0 Å². The number of aromatic nitrogens is 1. The first-order valence-electron chi connectivity index (χ1n) is 4.28. The second kappa shape index (κ2) is 5.39. The Morgan fingerprint density at radius 3 is 3.21 bits per heavy atom. The van der Waals surface area contributed by atoms with Crippen molar-refractivity contribution < 1.29 is 0 Å². The molecule has 0 saturated heterocycles. The van der Waals surface area contributed by atoms with E-state index in [1.807, 2.05) is 12.3 Å². The molecule has 0 spiro atoms. The average molecular weight is 210 g/mol. The number of nitrogens with one attached hydrogen (secondary N) is 1. The third-order valence-corrected chi connectivity index (χ3v) is 2.33. The maximum absolute atomic E-state index is 5.58. The van der Waals surface area contributed by atoms with E-state index in [0.717, 1.165) is 10.7 Å². The van der Waals surface area contributed by atoms with Crippen LogP contribution in [0.25, 0.3) is 0 Å². The first-order chi connectivity index (χ1) is 6.72. The zero-order chi connectivity index (χ0) is 10.4. The Hall–Kier alpha value is -1.36. The van der Waals surface area contributed by atoms with Crippen LogP contribution in [-0.4, -0.2) is 17.5 Å². The van der Waals surface area contributed by atoms with Crippen molar-refractivity contribution in [3.05, 3.63) is 28.7 Å². The normalized spacial score (nSPS) is 11.4. The van der Waals surface area contributed by atoms with Gasteiger partial charge in [-0.25, -0.2) is 9.98 Å². The summed E-state index contributed by atoms with van der Waals surface area (Å²) in [7, 11) is 0. The smallest absolute Gasteiger partial charge is 0.189 e. The Kier molecular flexibility index (Phi) is 4.12. The lowest BCUT2D eigenvalue weighted by Crippen LogP contribution is -2.31. The summed E-state index contributed by atoms with van der Waals surface area (Å²) in [5.74, 6) is 0.426. The van der Waals surface area contributed by atoms with Crippen LogP contribution in [0.1, 0.15) is 10.7 Å². The number of aryl methyl sites for hydroxylation is 1. The Balaban J connectivity index is 2.41. The van der Waals surface area contributed by atoms with Gasteiger partial charge >= 0.3 is 0 Å². The summed E-state index contributed by atoms with van der Waals surface area (Å²) in [5.41, 5.74) is 6.54. The molecule has 5 heteroatoms. The molecule has 0 aliphatic carbocycles. The van der Waals surface area contributed by atoms with Gasteiger partial charge in [-0.3, -0.25) is 0 Å². The van der Waals surface area contributed by atoms with Crippen LogP contribution in [0.4, 0.5) is 0 Å². The molecule has 0 aliphatic heterocycles. The van der Waals surface area contributed by atoms with Gasteiger partial charge in [-0.1, -0.05) is 6.08 Å². The zero-order valence-corrected chi connectivity index (χ0v) is 8.97. The summed E-state index contributed by atoms with van der Waals surface area (Å²) in [6.07, 6.45) is 1.73. The molecule has 1 heterocycles. The van der Waals surface area contributed by atoms with Crippen molar-refractivity contribution in [1.82, 2.24) is 10.3 Å². The van der Waals surface area contributed by atoms with Crippen molar-refractivity contribution in [1.29, 1.82) is 0 Å². The summed E-state index contributed by atoms with van der Waals surface area (Å²) in [6, 6.07) is 0. The quantitative estimate of drug-likeness (QED) is 0.443. The minimum atomic E-state index is 0.426. The van der Waals surface area contributed by atoms with Gasteiger partial charge in [0.05, 0.1) is 17.2 Å². The van der Waals surface area contributed by atoms with E-state index in [-0.39, 0.29) is 0 Å². The summed E-state index contributed by atoms with van der Waals surface area (Å²) in [5, 5.41) is 5.93. The Bertz CT molecular complexity index is 329. The minimum absolute atomic E-state index is 0.426. The van der Waals surface area contributed by atoms with E-state index in [1.54, 1.807) is 17.4 Å². The summed E-state index contributed by atoms with van der Waals surface area (Å²) in [6.45, 7) is 6.70. The molecule has 0 saturated carbocycles. The molecule has 0 aliphatic rings. The van der Waals surface area contributed by atoms with Crippen LogP contribution in [0.2, 0.25) is 0 Å². The number of guanidine groups is 1. The topological polar surface area (TPSA) is 63.3 Å². The van der Waals surface area contributed by atoms with Crippen LogP contribution in [0, 0.1) is 6.92 Å². The first-order valence-corrected chi connectivity index (χ1v) is 5.16. The number of nitrogens with zero attached hydrogens (tertiary/aromatic N) is 2. The molecule has 14 heavy (non-hydrogen) atoms. The largest absolute Gasteiger partial charge is 0.370 e. The predicted molar refractivity (Wildman–Crippen MR) is 60.4 cm³/mol. The number of aliphatic imine (C=N–C) groups is 1. The highest BCUT2D eigenvalue weighted by atomic mass is 32.1. The lowest BCUT2D eigenvalue weighted by Gasteiger charge is -2.00. The molecule has 0 bridgehead atoms. The standard InChI is InChI=1S/C9H14N4S/c1-3-4-11-9(10)12-5-8-6-14-7(2)13-8/h3,6H,1,4-5H2,2H3,(H3,10,11,12). The van der Waals surface area contributed by atoms with E-state index in [1.165, 1.54) is 0 Å². The molecule has 0 aromatic carbocycles. The highest BCUT2D eigenvalue weighted by Gasteiger charge is 1.96. The number of thiazole rings is 1. The monoisotopic (exact) mass is 210 g/mol. The van der Waals surface area contributed by atoms with Crippen molar-refractivity contribution in [3.8, 4) is 0 Å². The summed E-state index contributed by atoms with van der Waals surface area (Å²) >= 11 is 1.62. The van der Waals surface area contributed by atoms with Crippen LogP contribution in [-0.2, 0) is 6.54 Å². The van der Waals surface area contributed by atoms with Gasteiger partial charge in [0, 0.05) is 11.9 Å². The van der Waals surface area contributed by atoms with Crippen molar-refractivity contribution >= 4 is 17.3 Å². The zero-order valence-electron chi connectivity index (χ0n) is 8.16. The highest BCUT2D eigenvalue weighted by Crippen LogP contribution is 2.08. The molecule has 1 aromatic heterocycles. The molecular formula is C9H14N4S. The fourth-order valence-corrected chi connectivity index (χ4v) is 1.48. The Morgan fingerprint density at radius 2 is 2.64 bits per heavy atom. The van der Waals surface area contributed by atoms with Gasteiger partial charge in [-0.05, 0) is 6.92 Å². The van der Waals surface area contributed by atoms with Gasteiger partial charge in [0.2, 0.25) is 0 Å². The molecule has 0 unspecified atom stereocenters. The molecule has 0 amide bonds. The molecule has 1 rings (SSSR count). The fraction of sp³-hybridized carbons (Fsp3) is 0.333. The Labute approximate surface area is 87.6 Å². The maximum atomic E-state index is 5.58. The third-order valence-electron chi connectivity index (χ3n) is 1.51. The summed E-state index contributed by atoms with van der Waals surface area (Å²) in [4.78, 5) is 8.40. The number of rotatable bonds is 4. The molecular weight excluding hydrogens is 196 g/mol. The summed E-state index contributed by atoms with van der Waals surface area (Å²) < 4.78 is 0. The molecule has 1 aromatic rings. The van der Waals surface area contributed by atoms with Crippen molar-refractivity contribution in [2.45, 2.75) is 13.5 Å². The predicted octanol–water partition coefficient (Wildman–Crippen LogP) is 1.04. The van der Waals surface area contributed by atoms with E-state index in [4.69, 9.17) is 5.73 Å². The Morgan fingerprint density at radius 1 is 1.86 bits per heavy atom. The van der Waals surface area contributed by atoms with Crippen LogP contribution in [0.5, 0.6) is 0 Å². The van der Waals surface area contributed by atoms with Crippen molar-refractivity contribution in [2.75, 3.05) is 6.54 Å². The number of hydrogen-bond donors (Lipinski definition) is 2. The average Bonchev–Trinajstić information content (AvgIpc) is 2.58. The fourth-order valence-electron chi connectivity index (χ4n) is 0.880. The van der Waals surface area contributed by atoms with Gasteiger partial charge in [0.1, 0.15) is 0 Å². The van der Waals surface area contributed by atoms with Crippen molar-refractivity contribution in [2.24, 2.45) is 10.7 Å². The van der Waals surface area contributed by atoms with Gasteiger partial charge in [0.15, 0.2) is 5.96 Å². The highest BCUT2D eigenvalue weighted by molar-refractivity contribution is 7.09. The minimum Gasteiger partial charge on any atom is -0.370 e. The SMILES string of the molecule is C=CCNC(N)=NCc1csc(C)n1. The molecule has 3 N–H and O–H groups in total.